The van der Waals surface area contributed by atoms with Gasteiger partial charge >= 0.3 is 0 Å². The number of aliphatic hydroxyl groups excluding tert-OH is 3. The molecule has 3 unspecified atom stereocenters. The van der Waals surface area contributed by atoms with Crippen molar-refractivity contribution in [1.82, 2.24) is 0 Å². The van der Waals surface area contributed by atoms with Crippen LogP contribution in [0.15, 0.2) is 24.3 Å². The van der Waals surface area contributed by atoms with Crippen LogP contribution in [0.3, 0.4) is 0 Å². The first-order valence-electron chi connectivity index (χ1n) is 10.7. The van der Waals surface area contributed by atoms with Crippen LogP contribution >= 0.6 is 11.3 Å². The van der Waals surface area contributed by atoms with Crippen LogP contribution in [0.2, 0.25) is 0 Å². The van der Waals surface area contributed by atoms with Crippen LogP contribution in [0, 0.1) is 17.3 Å². The average Bonchev–Trinajstić information content (AvgIpc) is 3.20. The normalized spacial score (nSPS) is 30.4. The van der Waals surface area contributed by atoms with Crippen molar-refractivity contribution < 1.29 is 20.1 Å². The summed E-state index contributed by atoms with van der Waals surface area (Å²) in [6.45, 7) is 2.16. The van der Waals surface area contributed by atoms with Gasteiger partial charge in [0.05, 0.1) is 23.2 Å². The van der Waals surface area contributed by atoms with Gasteiger partial charge in [-0.3, -0.25) is 4.79 Å². The fourth-order valence-corrected chi connectivity index (χ4v) is 5.92. The Bertz CT molecular complexity index is 658. The highest BCUT2D eigenvalue weighted by molar-refractivity contribution is 7.13. The van der Waals surface area contributed by atoms with E-state index in [0.717, 1.165) is 49.7 Å². The van der Waals surface area contributed by atoms with Crippen LogP contribution in [-0.4, -0.2) is 39.9 Å². The first-order chi connectivity index (χ1) is 13.5. The summed E-state index contributed by atoms with van der Waals surface area (Å²) in [7, 11) is 0. The third kappa shape index (κ3) is 4.76. The lowest BCUT2D eigenvalue weighted by Crippen LogP contribution is -2.40. The number of hydrogen-bond donors (Lipinski definition) is 3. The number of aliphatic hydroxyl groups is 3. The number of thiophene rings is 1. The Balaban J connectivity index is 1.52. The Labute approximate surface area is 172 Å². The van der Waals surface area contributed by atoms with Crippen molar-refractivity contribution in [2.45, 2.75) is 83.0 Å². The van der Waals surface area contributed by atoms with Crippen molar-refractivity contribution in [3.05, 3.63) is 34.0 Å². The van der Waals surface area contributed by atoms with Crippen molar-refractivity contribution in [3.8, 4) is 0 Å². The lowest BCUT2D eigenvalue weighted by molar-refractivity contribution is -0.0355. The highest BCUT2D eigenvalue weighted by atomic mass is 32.1. The van der Waals surface area contributed by atoms with Crippen molar-refractivity contribution in [2.75, 3.05) is 0 Å². The molecule has 5 atom stereocenters. The van der Waals surface area contributed by atoms with Crippen LogP contribution in [0.4, 0.5) is 0 Å². The molecule has 4 nitrogen and oxygen atoms in total. The minimum Gasteiger partial charge on any atom is -0.393 e. The molecule has 2 aliphatic carbocycles. The van der Waals surface area contributed by atoms with E-state index in [1.54, 1.807) is 0 Å². The van der Waals surface area contributed by atoms with Gasteiger partial charge in [0.2, 0.25) is 0 Å². The molecule has 156 valence electrons. The van der Waals surface area contributed by atoms with E-state index in [0.29, 0.717) is 12.8 Å². The van der Waals surface area contributed by atoms with Crippen molar-refractivity contribution in [3.63, 3.8) is 0 Å². The molecule has 28 heavy (non-hydrogen) atoms. The molecule has 0 amide bonds. The predicted octanol–water partition coefficient (Wildman–Crippen LogP) is 4.13. The molecule has 1 aromatic rings. The van der Waals surface area contributed by atoms with E-state index in [9.17, 15) is 20.1 Å². The topological polar surface area (TPSA) is 77.8 Å². The van der Waals surface area contributed by atoms with E-state index in [2.05, 4.69) is 6.92 Å². The van der Waals surface area contributed by atoms with E-state index in [1.165, 1.54) is 22.6 Å². The Hall–Kier alpha value is -1.01. The summed E-state index contributed by atoms with van der Waals surface area (Å²) in [6.07, 6.45) is 11.8. The minimum absolute atomic E-state index is 0.0463. The highest BCUT2D eigenvalue weighted by Crippen LogP contribution is 2.47. The highest BCUT2D eigenvalue weighted by Gasteiger charge is 2.42. The second kappa shape index (κ2) is 9.66. The fourth-order valence-electron chi connectivity index (χ4n) is 5.05. The van der Waals surface area contributed by atoms with Crippen LogP contribution in [-0.2, 0) is 6.42 Å². The molecule has 0 aliphatic heterocycles. The monoisotopic (exact) mass is 406 g/mol. The molecule has 1 aromatic heterocycles. The number of hydrogen-bond acceptors (Lipinski definition) is 5. The van der Waals surface area contributed by atoms with Gasteiger partial charge in [0.1, 0.15) is 0 Å². The number of aryl methyl sites for hydroxylation is 1. The summed E-state index contributed by atoms with van der Waals surface area (Å²) in [5.41, 5.74) is 0.0959. The average molecular weight is 407 g/mol. The molecule has 0 aromatic carbocycles. The second-order valence-corrected chi connectivity index (χ2v) is 9.87. The molecule has 0 saturated heterocycles. The molecule has 3 rings (SSSR count). The standard InChI is InChI=1S/C23H34O4S/c1-2-23(12-5-13-23)22(27)9-4-8-19-18(20(25)14-21(19)26)7-3-6-16-10-11-17(15-24)28-16/h4,8,10-11,15,18-22,25-27H,2-3,5-7,9,12-14H2,1H3/b8-4+/t18-,19?,20?,21-,22?/m1/s1. The molecule has 2 fully saturated rings. The zero-order valence-electron chi connectivity index (χ0n) is 16.8. The summed E-state index contributed by atoms with van der Waals surface area (Å²) >= 11 is 1.52. The van der Waals surface area contributed by atoms with Crippen molar-refractivity contribution >= 4 is 17.6 Å². The Morgan fingerprint density at radius 1 is 1.29 bits per heavy atom. The van der Waals surface area contributed by atoms with Gasteiger partial charge in [-0.2, -0.15) is 0 Å². The number of aldehydes is 1. The Morgan fingerprint density at radius 2 is 2.07 bits per heavy atom. The molecule has 2 saturated carbocycles. The maximum absolute atomic E-state index is 10.8. The Kier molecular flexibility index (Phi) is 7.48. The van der Waals surface area contributed by atoms with E-state index in [1.807, 2.05) is 24.3 Å². The van der Waals surface area contributed by atoms with E-state index < -0.39 is 12.2 Å². The summed E-state index contributed by atoms with van der Waals surface area (Å²) in [4.78, 5) is 12.7. The third-order valence-corrected chi connectivity index (χ3v) is 8.22. The minimum atomic E-state index is -0.513. The molecule has 0 spiro atoms. The lowest BCUT2D eigenvalue weighted by atomic mass is 9.63. The molecule has 5 heteroatoms. The maximum Gasteiger partial charge on any atom is 0.160 e. The molecule has 2 aliphatic rings. The summed E-state index contributed by atoms with van der Waals surface area (Å²) in [5, 5.41) is 31.4. The van der Waals surface area contributed by atoms with Crippen LogP contribution in [0.1, 0.15) is 72.8 Å². The fraction of sp³-hybridized carbons (Fsp3) is 0.696. The first-order valence-corrected chi connectivity index (χ1v) is 11.6. The van der Waals surface area contributed by atoms with Gasteiger partial charge in [-0.25, -0.2) is 0 Å². The van der Waals surface area contributed by atoms with Gasteiger partial charge in [0, 0.05) is 17.2 Å². The zero-order chi connectivity index (χ0) is 20.1. The number of carbonyl (C=O) groups is 1. The van der Waals surface area contributed by atoms with E-state index >= 15 is 0 Å². The molecular formula is C23H34O4S. The summed E-state index contributed by atoms with van der Waals surface area (Å²) < 4.78 is 0. The molecule has 1 heterocycles. The summed E-state index contributed by atoms with van der Waals surface area (Å²) in [5.74, 6) is 0.00720. The molecule has 0 bridgehead atoms. The largest absolute Gasteiger partial charge is 0.393 e. The van der Waals surface area contributed by atoms with Gasteiger partial charge in [0.15, 0.2) is 6.29 Å². The number of carbonyl (C=O) groups excluding carboxylic acids is 1. The maximum atomic E-state index is 10.8. The van der Waals surface area contributed by atoms with Gasteiger partial charge in [0.25, 0.3) is 0 Å². The van der Waals surface area contributed by atoms with E-state index in [4.69, 9.17) is 0 Å². The second-order valence-electron chi connectivity index (χ2n) is 8.67. The van der Waals surface area contributed by atoms with Gasteiger partial charge in [-0.1, -0.05) is 25.5 Å². The van der Waals surface area contributed by atoms with Crippen molar-refractivity contribution in [2.24, 2.45) is 17.3 Å². The smallest absolute Gasteiger partial charge is 0.160 e. The molecule has 0 radical (unpaired) electrons. The molecular weight excluding hydrogens is 372 g/mol. The molecule has 3 N–H and O–H groups in total. The van der Waals surface area contributed by atoms with Crippen molar-refractivity contribution in [1.29, 1.82) is 0 Å². The summed E-state index contributed by atoms with van der Waals surface area (Å²) in [6, 6.07) is 3.85. The lowest BCUT2D eigenvalue weighted by Gasteiger charge is -2.45. The SMILES string of the molecule is CCC1(C(O)C/C=C/C2[C@@H](CCCc3ccc(C=O)s3)C(O)C[C@H]2O)CCC1. The van der Waals surface area contributed by atoms with Gasteiger partial charge < -0.3 is 15.3 Å². The Morgan fingerprint density at radius 3 is 2.68 bits per heavy atom. The van der Waals surface area contributed by atoms with Crippen LogP contribution in [0.5, 0.6) is 0 Å². The third-order valence-electron chi connectivity index (χ3n) is 7.15. The number of rotatable bonds is 10. The first kappa shape index (κ1) is 21.7. The quantitative estimate of drug-likeness (QED) is 0.403. The van der Waals surface area contributed by atoms with Crippen LogP contribution < -0.4 is 0 Å². The van der Waals surface area contributed by atoms with Crippen LogP contribution in [0.25, 0.3) is 0 Å². The predicted molar refractivity (Wildman–Crippen MR) is 113 cm³/mol. The van der Waals surface area contributed by atoms with Gasteiger partial charge in [-0.05, 0) is 68.4 Å². The van der Waals surface area contributed by atoms with Gasteiger partial charge in [-0.15, -0.1) is 11.3 Å². The zero-order valence-corrected chi connectivity index (χ0v) is 17.6. The van der Waals surface area contributed by atoms with E-state index in [-0.39, 0.29) is 23.4 Å².